The number of pyridine rings is 1. The van der Waals surface area contributed by atoms with Crippen LogP contribution in [0, 0.1) is 13.8 Å². The first kappa shape index (κ1) is 21.1. The second-order valence-electron chi connectivity index (χ2n) is 9.77. The van der Waals surface area contributed by atoms with E-state index in [9.17, 15) is 4.79 Å². The Morgan fingerprint density at radius 3 is 2.74 bits per heavy atom. The van der Waals surface area contributed by atoms with Crippen LogP contribution in [0.25, 0.3) is 10.9 Å². The van der Waals surface area contributed by atoms with Crippen LogP contribution in [0.15, 0.2) is 47.3 Å². The van der Waals surface area contributed by atoms with Gasteiger partial charge in [0, 0.05) is 17.8 Å². The fourth-order valence-electron chi connectivity index (χ4n) is 5.79. The lowest BCUT2D eigenvalue weighted by Gasteiger charge is -2.31. The van der Waals surface area contributed by atoms with Gasteiger partial charge in [-0.1, -0.05) is 49.6 Å². The molecule has 7 nitrogen and oxygen atoms in total. The van der Waals surface area contributed by atoms with Gasteiger partial charge in [-0.05, 0) is 77.7 Å². The van der Waals surface area contributed by atoms with Crippen LogP contribution < -0.4 is 10.5 Å². The minimum Gasteiger partial charge on any atom is -0.357 e. The molecule has 1 fully saturated rings. The van der Waals surface area contributed by atoms with Crippen LogP contribution >= 0.6 is 0 Å². The monoisotopic (exact) mass is 454 g/mol. The van der Waals surface area contributed by atoms with Crippen molar-refractivity contribution >= 4 is 16.6 Å². The van der Waals surface area contributed by atoms with E-state index in [1.54, 1.807) is 0 Å². The highest BCUT2D eigenvalue weighted by Crippen LogP contribution is 2.39. The lowest BCUT2D eigenvalue weighted by Crippen LogP contribution is -2.35. The normalized spacial score (nSPS) is 17.3. The van der Waals surface area contributed by atoms with Gasteiger partial charge in [-0.25, -0.2) is 4.68 Å². The molecule has 2 aromatic heterocycles. The molecule has 7 heteroatoms. The molecule has 0 radical (unpaired) electrons. The summed E-state index contributed by atoms with van der Waals surface area (Å²) in [5, 5.41) is 14.1. The molecular weight excluding hydrogens is 424 g/mol. The molecule has 0 bridgehead atoms. The van der Waals surface area contributed by atoms with Crippen molar-refractivity contribution in [3.8, 4) is 0 Å². The number of aromatic amines is 1. The van der Waals surface area contributed by atoms with Gasteiger partial charge in [0.25, 0.3) is 5.56 Å². The molecule has 4 aromatic rings. The molecule has 0 spiro atoms. The molecule has 1 N–H and O–H groups in total. The Bertz CT molecular complexity index is 1410. The Balaban J connectivity index is 1.55. The first-order valence-corrected chi connectivity index (χ1v) is 12.4. The Hall–Kier alpha value is -3.48. The number of hydrogen-bond donors (Lipinski definition) is 1. The maximum absolute atomic E-state index is 13.6. The van der Waals surface area contributed by atoms with E-state index < -0.39 is 0 Å². The third-order valence-corrected chi connectivity index (χ3v) is 7.79. The van der Waals surface area contributed by atoms with E-state index in [1.807, 2.05) is 10.7 Å². The van der Waals surface area contributed by atoms with Crippen LogP contribution in [0.5, 0.6) is 0 Å². The van der Waals surface area contributed by atoms with E-state index in [1.165, 1.54) is 30.4 Å². The minimum absolute atomic E-state index is 0.0752. The van der Waals surface area contributed by atoms with E-state index >= 15 is 0 Å². The Morgan fingerprint density at radius 2 is 1.88 bits per heavy atom. The molecule has 1 saturated carbocycles. The van der Waals surface area contributed by atoms with E-state index in [-0.39, 0.29) is 17.6 Å². The van der Waals surface area contributed by atoms with Crippen molar-refractivity contribution in [2.24, 2.45) is 0 Å². The Labute approximate surface area is 198 Å². The SMILES string of the molecule is Cc1ccc2cc([C@H](c3nnnn3C3CCCCC3)N3CCc4ccccc43)c(=O)[nH]c2c1C. The summed E-state index contributed by atoms with van der Waals surface area (Å²) in [6, 6.07) is 14.7. The summed E-state index contributed by atoms with van der Waals surface area (Å²) in [4.78, 5) is 19.1. The van der Waals surface area contributed by atoms with Crippen LogP contribution in [0.3, 0.4) is 0 Å². The average molecular weight is 455 g/mol. The molecule has 6 rings (SSSR count). The number of H-pyrrole nitrogens is 1. The minimum atomic E-state index is -0.352. The van der Waals surface area contributed by atoms with Gasteiger partial charge < -0.3 is 9.88 Å². The maximum Gasteiger partial charge on any atom is 0.254 e. The summed E-state index contributed by atoms with van der Waals surface area (Å²) >= 11 is 0. The number of benzene rings is 2. The summed E-state index contributed by atoms with van der Waals surface area (Å²) in [6.07, 6.45) is 6.75. The summed E-state index contributed by atoms with van der Waals surface area (Å²) in [7, 11) is 0. The van der Waals surface area contributed by atoms with E-state index in [4.69, 9.17) is 0 Å². The molecule has 1 aliphatic heterocycles. The van der Waals surface area contributed by atoms with Gasteiger partial charge in [-0.2, -0.15) is 0 Å². The van der Waals surface area contributed by atoms with Gasteiger partial charge in [-0.3, -0.25) is 4.79 Å². The number of hydrogen-bond acceptors (Lipinski definition) is 5. The van der Waals surface area contributed by atoms with Crippen molar-refractivity contribution in [3.63, 3.8) is 0 Å². The number of nitrogens with zero attached hydrogens (tertiary/aromatic N) is 5. The van der Waals surface area contributed by atoms with Crippen LogP contribution in [0.1, 0.15) is 72.3 Å². The smallest absolute Gasteiger partial charge is 0.254 e. The molecule has 1 aliphatic carbocycles. The van der Waals surface area contributed by atoms with Gasteiger partial charge in [0.1, 0.15) is 6.04 Å². The number of para-hydroxylation sites is 1. The molecule has 0 saturated heterocycles. The highest BCUT2D eigenvalue weighted by Gasteiger charge is 2.35. The van der Waals surface area contributed by atoms with Crippen LogP contribution in [0.2, 0.25) is 0 Å². The van der Waals surface area contributed by atoms with E-state index in [0.717, 1.165) is 53.8 Å². The second-order valence-corrected chi connectivity index (χ2v) is 9.77. The predicted octanol–water partition coefficient (Wildman–Crippen LogP) is 4.79. The zero-order chi connectivity index (χ0) is 23.2. The molecular formula is C27H30N6O. The van der Waals surface area contributed by atoms with Gasteiger partial charge in [0.15, 0.2) is 5.82 Å². The van der Waals surface area contributed by atoms with Crippen LogP contribution in [0.4, 0.5) is 5.69 Å². The number of rotatable bonds is 4. The van der Waals surface area contributed by atoms with Crippen molar-refractivity contribution in [1.82, 2.24) is 25.2 Å². The standard InChI is InChI=1S/C27H30N6O/c1-17-12-13-20-16-22(27(34)28-24(20)18(17)2)25(32-15-14-19-8-6-7-11-23(19)32)26-29-30-31-33(26)21-9-4-3-5-10-21/h6-8,11-13,16,21,25H,3-5,9-10,14-15H2,1-2H3,(H,28,34)/t25-/m1/s1. The van der Waals surface area contributed by atoms with Gasteiger partial charge >= 0.3 is 0 Å². The zero-order valence-corrected chi connectivity index (χ0v) is 19.8. The van der Waals surface area contributed by atoms with Gasteiger partial charge in [0.2, 0.25) is 0 Å². The largest absolute Gasteiger partial charge is 0.357 e. The van der Waals surface area contributed by atoms with Crippen molar-refractivity contribution in [2.45, 2.75) is 64.5 Å². The molecule has 34 heavy (non-hydrogen) atoms. The highest BCUT2D eigenvalue weighted by atomic mass is 16.1. The van der Waals surface area contributed by atoms with Gasteiger partial charge in [-0.15, -0.1) is 5.10 Å². The molecule has 3 heterocycles. The number of aromatic nitrogens is 5. The fraction of sp³-hybridized carbons (Fsp3) is 0.407. The third kappa shape index (κ3) is 3.42. The van der Waals surface area contributed by atoms with Crippen molar-refractivity contribution in [1.29, 1.82) is 0 Å². The lowest BCUT2D eigenvalue weighted by atomic mass is 9.95. The number of anilines is 1. The van der Waals surface area contributed by atoms with E-state index in [0.29, 0.717) is 5.56 Å². The molecule has 174 valence electrons. The van der Waals surface area contributed by atoms with Crippen molar-refractivity contribution < 1.29 is 0 Å². The number of fused-ring (bicyclic) bond motifs is 2. The molecule has 0 amide bonds. The highest BCUT2D eigenvalue weighted by molar-refractivity contribution is 5.83. The van der Waals surface area contributed by atoms with Gasteiger partial charge in [0.05, 0.1) is 11.6 Å². The molecule has 2 aliphatic rings. The maximum atomic E-state index is 13.6. The number of nitrogens with one attached hydrogen (secondary N) is 1. The second kappa shape index (κ2) is 8.38. The van der Waals surface area contributed by atoms with E-state index in [2.05, 4.69) is 75.7 Å². The molecule has 2 aromatic carbocycles. The third-order valence-electron chi connectivity index (χ3n) is 7.79. The zero-order valence-electron chi connectivity index (χ0n) is 19.8. The number of tetrazole rings is 1. The quantitative estimate of drug-likeness (QED) is 0.480. The number of aryl methyl sites for hydroxylation is 2. The van der Waals surface area contributed by atoms with Crippen molar-refractivity contribution in [3.05, 3.63) is 80.9 Å². The summed E-state index contributed by atoms with van der Waals surface area (Å²) in [5.74, 6) is 0.761. The summed E-state index contributed by atoms with van der Waals surface area (Å²) < 4.78 is 2.01. The van der Waals surface area contributed by atoms with Crippen LogP contribution in [-0.4, -0.2) is 31.7 Å². The summed E-state index contributed by atoms with van der Waals surface area (Å²) in [6.45, 7) is 4.96. The van der Waals surface area contributed by atoms with Crippen LogP contribution in [-0.2, 0) is 6.42 Å². The fourth-order valence-corrected chi connectivity index (χ4v) is 5.79. The summed E-state index contributed by atoms with van der Waals surface area (Å²) in [5.41, 5.74) is 6.26. The Kier molecular flexibility index (Phi) is 5.20. The van der Waals surface area contributed by atoms with Crippen molar-refractivity contribution in [2.75, 3.05) is 11.4 Å². The molecule has 0 unspecified atom stereocenters. The topological polar surface area (TPSA) is 79.7 Å². The predicted molar refractivity (Wildman–Crippen MR) is 133 cm³/mol. The first-order chi connectivity index (χ1) is 16.6. The Morgan fingerprint density at radius 1 is 1.06 bits per heavy atom. The lowest BCUT2D eigenvalue weighted by molar-refractivity contribution is 0.313. The first-order valence-electron chi connectivity index (χ1n) is 12.4. The average Bonchev–Trinajstić information content (AvgIpc) is 3.51. The molecule has 1 atom stereocenters.